The summed E-state index contributed by atoms with van der Waals surface area (Å²) in [4.78, 5) is 11.5. The van der Waals surface area contributed by atoms with Crippen molar-refractivity contribution in [3.8, 4) is 0 Å². The molecule has 2 aromatic carbocycles. The Morgan fingerprint density at radius 3 is 2.30 bits per heavy atom. The lowest BCUT2D eigenvalue weighted by Crippen LogP contribution is -2.36. The molecule has 0 fully saturated rings. The monoisotopic (exact) mass is 451 g/mol. The van der Waals surface area contributed by atoms with Crippen molar-refractivity contribution < 1.29 is 21.6 Å². The second kappa shape index (κ2) is 8.65. The molecule has 0 aliphatic carbocycles. The van der Waals surface area contributed by atoms with Gasteiger partial charge in [0.05, 0.1) is 22.0 Å². The van der Waals surface area contributed by atoms with Crippen LogP contribution in [0.4, 0.5) is 17.1 Å². The largest absolute Gasteiger partial charge is 0.326 e. The number of carbonyl (C=O) groups is 1. The maximum absolute atomic E-state index is 12.8. The highest BCUT2D eigenvalue weighted by atomic mass is 32.2. The third-order valence-electron chi connectivity index (χ3n) is 4.88. The highest BCUT2D eigenvalue weighted by molar-refractivity contribution is 7.93. The molecule has 0 radical (unpaired) electrons. The number of nitrogens with one attached hydrogen (secondary N) is 2. The Labute approximate surface area is 177 Å². The van der Waals surface area contributed by atoms with Crippen LogP contribution in [0.3, 0.4) is 0 Å². The summed E-state index contributed by atoms with van der Waals surface area (Å²) in [5, 5.41) is 2.66. The molecular formula is C20H25N3O5S2. The van der Waals surface area contributed by atoms with E-state index in [1.54, 1.807) is 32.0 Å². The van der Waals surface area contributed by atoms with E-state index in [0.717, 1.165) is 18.4 Å². The topological polar surface area (TPSA) is 113 Å². The summed E-state index contributed by atoms with van der Waals surface area (Å²) in [6.45, 7) is 3.69. The van der Waals surface area contributed by atoms with Gasteiger partial charge in [0.2, 0.25) is 15.9 Å². The fraction of sp³-hybridized carbons (Fsp3) is 0.350. The van der Waals surface area contributed by atoms with Gasteiger partial charge < -0.3 is 5.32 Å². The number of carbonyl (C=O) groups excluding carboxylic acids is 1. The second-order valence-corrected chi connectivity index (χ2v) is 10.8. The van der Waals surface area contributed by atoms with Crippen molar-refractivity contribution in [3.05, 3.63) is 48.0 Å². The molecule has 0 aromatic heterocycles. The van der Waals surface area contributed by atoms with Crippen LogP contribution in [-0.4, -0.2) is 35.0 Å². The van der Waals surface area contributed by atoms with Gasteiger partial charge >= 0.3 is 0 Å². The summed E-state index contributed by atoms with van der Waals surface area (Å²) in [6.07, 6.45) is 1.78. The van der Waals surface area contributed by atoms with E-state index in [0.29, 0.717) is 24.3 Å². The number of aryl methyl sites for hydroxylation is 1. The standard InChI is InChI=1S/C20H25N3O5S2/c1-3-20(24)21-16-9-11-18(12-10-16)30(27,28)22-17-8-7-15-6-5-13-23(19(15)14-17)29(25,26)4-2/h7-12,14,22H,3-6,13H2,1-2H3,(H,21,24). The van der Waals surface area contributed by atoms with E-state index in [4.69, 9.17) is 0 Å². The molecule has 10 heteroatoms. The average molecular weight is 452 g/mol. The van der Waals surface area contributed by atoms with Crippen LogP contribution in [0.25, 0.3) is 0 Å². The molecule has 0 bridgehead atoms. The number of amides is 1. The summed E-state index contributed by atoms with van der Waals surface area (Å²) in [5.74, 6) is -0.187. The molecule has 2 aromatic rings. The lowest BCUT2D eigenvalue weighted by molar-refractivity contribution is -0.115. The second-order valence-electron chi connectivity index (χ2n) is 6.95. The van der Waals surface area contributed by atoms with Gasteiger partial charge in [-0.05, 0) is 61.7 Å². The summed E-state index contributed by atoms with van der Waals surface area (Å²) >= 11 is 0. The molecule has 2 N–H and O–H groups in total. The highest BCUT2D eigenvalue weighted by Crippen LogP contribution is 2.33. The van der Waals surface area contributed by atoms with Crippen LogP contribution >= 0.6 is 0 Å². The van der Waals surface area contributed by atoms with Gasteiger partial charge in [-0.3, -0.25) is 13.8 Å². The van der Waals surface area contributed by atoms with Gasteiger partial charge in [-0.1, -0.05) is 13.0 Å². The fourth-order valence-electron chi connectivity index (χ4n) is 3.23. The average Bonchev–Trinajstić information content (AvgIpc) is 2.73. The molecule has 8 nitrogen and oxygen atoms in total. The Bertz CT molecular complexity index is 1140. The van der Waals surface area contributed by atoms with Crippen LogP contribution in [0.5, 0.6) is 0 Å². The van der Waals surface area contributed by atoms with Crippen molar-refractivity contribution in [2.75, 3.05) is 26.6 Å². The maximum atomic E-state index is 12.8. The number of nitrogens with zero attached hydrogens (tertiary/aromatic N) is 1. The van der Waals surface area contributed by atoms with E-state index in [1.165, 1.54) is 28.6 Å². The predicted octanol–water partition coefficient (Wildman–Crippen LogP) is 2.94. The van der Waals surface area contributed by atoms with Crippen molar-refractivity contribution in [2.24, 2.45) is 0 Å². The summed E-state index contributed by atoms with van der Waals surface area (Å²) in [5.41, 5.74) is 2.18. The SMILES string of the molecule is CCC(=O)Nc1ccc(S(=O)(=O)Nc2ccc3c(c2)N(S(=O)(=O)CC)CCC3)cc1. The third-order valence-corrected chi connectivity index (χ3v) is 8.06. The van der Waals surface area contributed by atoms with E-state index in [-0.39, 0.29) is 22.2 Å². The molecule has 0 unspecified atom stereocenters. The Morgan fingerprint density at radius 1 is 1.00 bits per heavy atom. The molecule has 162 valence electrons. The van der Waals surface area contributed by atoms with E-state index in [2.05, 4.69) is 10.0 Å². The van der Waals surface area contributed by atoms with Crippen LogP contribution in [0, 0.1) is 0 Å². The minimum atomic E-state index is -3.88. The number of hydrogen-bond acceptors (Lipinski definition) is 5. The van der Waals surface area contributed by atoms with E-state index in [9.17, 15) is 21.6 Å². The third kappa shape index (κ3) is 4.76. The van der Waals surface area contributed by atoms with Gasteiger partial charge in [0.25, 0.3) is 10.0 Å². The first-order valence-electron chi connectivity index (χ1n) is 9.72. The van der Waals surface area contributed by atoms with E-state index in [1.807, 2.05) is 0 Å². The molecule has 30 heavy (non-hydrogen) atoms. The Kier molecular flexibility index (Phi) is 6.37. The van der Waals surface area contributed by atoms with Crippen molar-refractivity contribution in [1.29, 1.82) is 0 Å². The van der Waals surface area contributed by atoms with Gasteiger partial charge in [-0.25, -0.2) is 16.8 Å². The lowest BCUT2D eigenvalue weighted by Gasteiger charge is -2.30. The molecule has 1 heterocycles. The summed E-state index contributed by atoms with van der Waals surface area (Å²) < 4.78 is 54.2. The maximum Gasteiger partial charge on any atom is 0.261 e. The first kappa shape index (κ1) is 22.1. The van der Waals surface area contributed by atoms with Gasteiger partial charge in [0.1, 0.15) is 0 Å². The normalized spacial score (nSPS) is 14.1. The van der Waals surface area contributed by atoms with Gasteiger partial charge in [-0.15, -0.1) is 0 Å². The molecule has 1 amide bonds. The Hall–Kier alpha value is -2.59. The smallest absolute Gasteiger partial charge is 0.261 e. The molecule has 1 aliphatic heterocycles. The van der Waals surface area contributed by atoms with Crippen LogP contribution in [0.1, 0.15) is 32.3 Å². The minimum absolute atomic E-state index is 0.0245. The zero-order valence-electron chi connectivity index (χ0n) is 16.9. The lowest BCUT2D eigenvalue weighted by atomic mass is 10.0. The van der Waals surface area contributed by atoms with E-state index < -0.39 is 20.0 Å². The summed E-state index contributed by atoms with van der Waals surface area (Å²) in [7, 11) is -7.32. The van der Waals surface area contributed by atoms with Crippen molar-refractivity contribution in [3.63, 3.8) is 0 Å². The molecule has 0 atom stereocenters. The number of anilines is 3. The van der Waals surface area contributed by atoms with Crippen molar-refractivity contribution in [1.82, 2.24) is 0 Å². The number of fused-ring (bicyclic) bond motifs is 1. The zero-order chi connectivity index (χ0) is 21.9. The Morgan fingerprint density at radius 2 is 1.67 bits per heavy atom. The first-order valence-corrected chi connectivity index (χ1v) is 12.8. The van der Waals surface area contributed by atoms with Crippen molar-refractivity contribution in [2.45, 2.75) is 38.0 Å². The van der Waals surface area contributed by atoms with Gasteiger partial charge in [0, 0.05) is 18.7 Å². The molecule has 0 spiro atoms. The molecular weight excluding hydrogens is 426 g/mol. The summed E-state index contributed by atoms with van der Waals surface area (Å²) in [6, 6.07) is 10.8. The fourth-order valence-corrected chi connectivity index (χ4v) is 5.47. The van der Waals surface area contributed by atoms with Gasteiger partial charge in [-0.2, -0.15) is 0 Å². The molecule has 3 rings (SSSR count). The van der Waals surface area contributed by atoms with Crippen LogP contribution in [0.2, 0.25) is 0 Å². The van der Waals surface area contributed by atoms with E-state index >= 15 is 0 Å². The number of sulfonamides is 2. The highest BCUT2D eigenvalue weighted by Gasteiger charge is 2.27. The molecule has 1 aliphatic rings. The number of benzene rings is 2. The Balaban J connectivity index is 1.85. The quantitative estimate of drug-likeness (QED) is 0.672. The molecule has 0 saturated carbocycles. The predicted molar refractivity (Wildman–Crippen MR) is 118 cm³/mol. The van der Waals surface area contributed by atoms with Crippen LogP contribution < -0.4 is 14.3 Å². The number of hydrogen-bond donors (Lipinski definition) is 2. The van der Waals surface area contributed by atoms with Gasteiger partial charge in [0.15, 0.2) is 0 Å². The van der Waals surface area contributed by atoms with Crippen LogP contribution in [-0.2, 0) is 31.3 Å². The first-order chi connectivity index (χ1) is 14.2. The van der Waals surface area contributed by atoms with Crippen molar-refractivity contribution >= 4 is 43.0 Å². The number of rotatable bonds is 7. The molecule has 0 saturated heterocycles. The van der Waals surface area contributed by atoms with Crippen LogP contribution in [0.15, 0.2) is 47.4 Å². The zero-order valence-corrected chi connectivity index (χ0v) is 18.5. The minimum Gasteiger partial charge on any atom is -0.326 e.